The monoisotopic (exact) mass is 1340 g/mol. The minimum absolute atomic E-state index is 0.146. The van der Waals surface area contributed by atoms with Crippen LogP contribution in [0.1, 0.15) is 271 Å². The Hall–Kier alpha value is -6.66. The molecule has 0 spiro atoms. The minimum Gasteiger partial charge on any atom is -0.466 e. The zero-order valence-electron chi connectivity index (χ0n) is 56.8. The molecule has 0 aliphatic carbocycles. The molecule has 0 saturated carbocycles. The topological polar surface area (TPSA) is 336 Å². The van der Waals surface area contributed by atoms with E-state index in [1.807, 2.05) is 0 Å². The first-order valence-corrected chi connectivity index (χ1v) is 34.6. The first kappa shape index (κ1) is 87.3. The Morgan fingerprint density at radius 2 is 0.394 bits per heavy atom. The lowest BCUT2D eigenvalue weighted by molar-refractivity contribution is -0.151. The van der Waals surface area contributed by atoms with Crippen LogP contribution in [0.15, 0.2) is 12.2 Å². The van der Waals surface area contributed by atoms with Crippen LogP contribution in [0, 0.1) is 0 Å². The molecule has 540 valence electrons. The van der Waals surface area contributed by atoms with Gasteiger partial charge in [-0.25, -0.2) is 4.79 Å². The number of hydrogen-bond donors (Lipinski definition) is 1. The van der Waals surface area contributed by atoms with E-state index < -0.39 is 18.0 Å². The maximum Gasteiger partial charge on any atom is 0.333 e. The summed E-state index contributed by atoms with van der Waals surface area (Å²) in [5.41, 5.74) is 0.201. The number of carbonyl (C=O) groups is 12. The Morgan fingerprint density at radius 1 is 0.234 bits per heavy atom. The van der Waals surface area contributed by atoms with Gasteiger partial charge >= 0.3 is 71.6 Å². The molecule has 0 amide bonds. The molecule has 25 heteroatoms. The molecule has 0 aromatic carbocycles. The molecular weight excluding hydrogens is 1230 g/mol. The van der Waals surface area contributed by atoms with Crippen LogP contribution in [-0.2, 0) is 114 Å². The Morgan fingerprint density at radius 3 is 0.564 bits per heavy atom. The predicted molar refractivity (Wildman–Crippen MR) is 343 cm³/mol. The van der Waals surface area contributed by atoms with E-state index in [4.69, 9.17) is 56.8 Å². The van der Waals surface area contributed by atoms with Crippen LogP contribution in [0.4, 0.5) is 0 Å². The average Bonchev–Trinajstić information content (AvgIpc) is 3.75. The number of esters is 12. The van der Waals surface area contributed by atoms with Gasteiger partial charge in [-0.05, 0) is 200 Å². The molecule has 1 N–H and O–H groups in total. The lowest BCUT2D eigenvalue weighted by atomic mass is 10.2. The molecule has 0 radical (unpaired) electrons. The molecule has 0 aliphatic rings. The van der Waals surface area contributed by atoms with Gasteiger partial charge in [0.1, 0.15) is 19.3 Å². The number of aliphatic hydroxyl groups excluding tert-OH is 1. The zero-order chi connectivity index (χ0) is 69.3. The van der Waals surface area contributed by atoms with Crippen molar-refractivity contribution in [2.45, 2.75) is 277 Å². The van der Waals surface area contributed by atoms with Gasteiger partial charge in [-0.2, -0.15) is 0 Å². The van der Waals surface area contributed by atoms with Gasteiger partial charge in [0.25, 0.3) is 0 Å². The third-order valence-electron chi connectivity index (χ3n) is 14.1. The first-order chi connectivity index (χ1) is 45.4. The van der Waals surface area contributed by atoms with Crippen molar-refractivity contribution < 1.29 is 119 Å². The van der Waals surface area contributed by atoms with Gasteiger partial charge in [0, 0.05) is 76.7 Å². The minimum atomic E-state index is -1.13. The number of aliphatic hydroxyl groups is 1. The molecule has 0 aromatic rings. The van der Waals surface area contributed by atoms with Crippen LogP contribution in [0.3, 0.4) is 0 Å². The fourth-order valence-corrected chi connectivity index (χ4v) is 8.63. The molecule has 0 heterocycles. The summed E-state index contributed by atoms with van der Waals surface area (Å²) in [7, 11) is 0. The number of rotatable bonds is 65. The van der Waals surface area contributed by atoms with Crippen LogP contribution in [0.25, 0.3) is 0 Å². The normalized spacial score (nSPS) is 11.1. The van der Waals surface area contributed by atoms with Crippen molar-refractivity contribution >= 4 is 71.6 Å². The molecule has 94 heavy (non-hydrogen) atoms. The Bertz CT molecular complexity index is 2110. The second kappa shape index (κ2) is 63.7. The summed E-state index contributed by atoms with van der Waals surface area (Å²) in [6, 6.07) is 0. The maximum atomic E-state index is 12.1. The van der Waals surface area contributed by atoms with Gasteiger partial charge in [0.05, 0.1) is 66.1 Å². The smallest absolute Gasteiger partial charge is 0.333 e. The third kappa shape index (κ3) is 64.1. The van der Waals surface area contributed by atoms with E-state index in [2.05, 4.69) is 6.58 Å². The summed E-state index contributed by atoms with van der Waals surface area (Å²) in [6.45, 7) is 8.56. The van der Waals surface area contributed by atoms with Crippen molar-refractivity contribution in [2.75, 3.05) is 79.3 Å². The average molecular weight is 1340 g/mol. The summed E-state index contributed by atoms with van der Waals surface area (Å²) in [5.74, 6) is -4.00. The molecular formula is C69H114O25. The largest absolute Gasteiger partial charge is 0.466 e. The highest BCUT2D eigenvalue weighted by Gasteiger charge is 2.15. The summed E-state index contributed by atoms with van der Waals surface area (Å²) in [6.07, 6.45) is 21.3. The molecule has 25 nitrogen and oxygen atoms in total. The molecule has 1 unspecified atom stereocenters. The van der Waals surface area contributed by atoms with Crippen LogP contribution >= 0.6 is 0 Å². The number of carbonyl (C=O) groups excluding carboxylic acids is 12. The summed E-state index contributed by atoms with van der Waals surface area (Å²) >= 11 is 0. The van der Waals surface area contributed by atoms with E-state index in [-0.39, 0.29) is 176 Å². The van der Waals surface area contributed by atoms with E-state index >= 15 is 0 Å². The number of ether oxygens (including phenoxy) is 12. The molecule has 0 saturated heterocycles. The summed E-state index contributed by atoms with van der Waals surface area (Å²) < 4.78 is 62.1. The summed E-state index contributed by atoms with van der Waals surface area (Å²) in [4.78, 5) is 142. The standard InChI is InChI=1S/C69H114O25/c1-56(2)69(82)94-55-58(71)54-93-68(81)43-23-13-33-53-92-67(80)42-22-12-32-52-91-66(79)41-21-11-31-51-90-65(78)40-20-10-30-50-89-64(77)39-19-9-29-49-88-63(76)38-18-8-28-48-87-62(75)37-17-7-27-47-86-61(74)36-16-6-26-46-85-60(73)35-15-5-25-45-84-59(72)34-14-4-24-44-83-57(3)70/h58,71H,1,4-55H2,2-3H3. The van der Waals surface area contributed by atoms with Crippen molar-refractivity contribution in [1.29, 1.82) is 0 Å². The van der Waals surface area contributed by atoms with Crippen molar-refractivity contribution in [3.8, 4) is 0 Å². The lowest BCUT2D eigenvalue weighted by Crippen LogP contribution is -2.25. The first-order valence-electron chi connectivity index (χ1n) is 34.6. The Kier molecular flexibility index (Phi) is 59.2. The quantitative estimate of drug-likeness (QED) is 0.0256. The molecule has 0 bridgehead atoms. The van der Waals surface area contributed by atoms with E-state index in [1.165, 1.54) is 13.8 Å². The van der Waals surface area contributed by atoms with Gasteiger partial charge < -0.3 is 61.9 Å². The predicted octanol–water partition coefficient (Wildman–Crippen LogP) is 11.1. The van der Waals surface area contributed by atoms with Crippen LogP contribution < -0.4 is 0 Å². The fourth-order valence-electron chi connectivity index (χ4n) is 8.63. The van der Waals surface area contributed by atoms with Crippen molar-refractivity contribution in [1.82, 2.24) is 0 Å². The molecule has 0 aromatic heterocycles. The van der Waals surface area contributed by atoms with E-state index in [0.717, 1.165) is 19.3 Å². The van der Waals surface area contributed by atoms with Gasteiger partial charge in [0.2, 0.25) is 0 Å². The second-order valence-corrected chi connectivity index (χ2v) is 23.1. The lowest BCUT2D eigenvalue weighted by Gasteiger charge is -2.12. The van der Waals surface area contributed by atoms with Gasteiger partial charge in [-0.3, -0.25) is 52.7 Å². The zero-order valence-corrected chi connectivity index (χ0v) is 56.8. The van der Waals surface area contributed by atoms with Gasteiger partial charge in [0.15, 0.2) is 0 Å². The number of unbranched alkanes of at least 4 members (excludes halogenated alkanes) is 20. The fraction of sp³-hybridized carbons (Fsp3) is 0.797. The SMILES string of the molecule is C=C(C)C(=O)OCC(O)COC(=O)CCCCCOC(=O)CCCCCOC(=O)CCCCCOC(=O)CCCCCOC(=O)CCCCCOC(=O)CCCCCOC(=O)CCCCCOC(=O)CCCCCOC(=O)CCCCCOC(=O)CCCCCOC(C)=O. The highest BCUT2D eigenvalue weighted by Crippen LogP contribution is 2.13. The van der Waals surface area contributed by atoms with E-state index in [0.29, 0.717) is 206 Å². The molecule has 1 atom stereocenters. The third-order valence-corrected chi connectivity index (χ3v) is 14.1. The highest BCUT2D eigenvalue weighted by molar-refractivity contribution is 5.87. The summed E-state index contributed by atoms with van der Waals surface area (Å²) in [5, 5.41) is 9.74. The molecule has 0 aliphatic heterocycles. The number of hydrogen-bond acceptors (Lipinski definition) is 25. The van der Waals surface area contributed by atoms with Crippen LogP contribution in [0.5, 0.6) is 0 Å². The Balaban J connectivity index is 3.53. The van der Waals surface area contributed by atoms with Crippen molar-refractivity contribution in [2.24, 2.45) is 0 Å². The maximum absolute atomic E-state index is 12.1. The van der Waals surface area contributed by atoms with Crippen LogP contribution in [0.2, 0.25) is 0 Å². The Labute approximate surface area is 557 Å². The van der Waals surface area contributed by atoms with Crippen molar-refractivity contribution in [3.05, 3.63) is 12.2 Å². The van der Waals surface area contributed by atoms with E-state index in [1.54, 1.807) is 0 Å². The molecule has 0 rings (SSSR count). The highest BCUT2D eigenvalue weighted by atomic mass is 16.6. The molecule has 0 fully saturated rings. The van der Waals surface area contributed by atoms with Crippen LogP contribution in [-0.4, -0.2) is 162 Å². The van der Waals surface area contributed by atoms with Gasteiger partial charge in [-0.15, -0.1) is 0 Å². The van der Waals surface area contributed by atoms with E-state index in [9.17, 15) is 62.6 Å². The second-order valence-electron chi connectivity index (χ2n) is 23.1. The van der Waals surface area contributed by atoms with Gasteiger partial charge in [-0.1, -0.05) is 6.58 Å². The van der Waals surface area contributed by atoms with Crippen molar-refractivity contribution in [3.63, 3.8) is 0 Å².